The van der Waals surface area contributed by atoms with Crippen molar-refractivity contribution < 1.29 is 9.59 Å². The van der Waals surface area contributed by atoms with E-state index in [0.717, 1.165) is 11.4 Å². The summed E-state index contributed by atoms with van der Waals surface area (Å²) in [6.45, 7) is 6.37. The number of nitrogens with zero attached hydrogens (tertiary/aromatic N) is 2. The van der Waals surface area contributed by atoms with Gasteiger partial charge in [-0.2, -0.15) is 0 Å². The molecule has 1 aliphatic heterocycles. The molecule has 0 aromatic carbocycles. The number of aryl methyl sites for hydroxylation is 1. The highest BCUT2D eigenvalue weighted by Gasteiger charge is 2.31. The molecule has 1 unspecified atom stereocenters. The van der Waals surface area contributed by atoms with E-state index >= 15 is 0 Å². The Morgan fingerprint density at radius 1 is 1.45 bits per heavy atom. The van der Waals surface area contributed by atoms with Gasteiger partial charge in [-0.1, -0.05) is 13.8 Å². The number of nitrogens with one attached hydrogen (secondary N) is 1. The Labute approximate surface area is 119 Å². The van der Waals surface area contributed by atoms with E-state index in [2.05, 4.69) is 10.3 Å². The first-order chi connectivity index (χ1) is 9.49. The summed E-state index contributed by atoms with van der Waals surface area (Å²) < 4.78 is 0. The van der Waals surface area contributed by atoms with Crippen molar-refractivity contribution in [1.82, 2.24) is 10.3 Å². The van der Waals surface area contributed by atoms with Gasteiger partial charge in [-0.25, -0.2) is 0 Å². The zero-order valence-corrected chi connectivity index (χ0v) is 12.2. The van der Waals surface area contributed by atoms with Crippen LogP contribution in [0.3, 0.4) is 0 Å². The molecule has 2 rings (SSSR count). The Hall–Kier alpha value is -1.91. The largest absolute Gasteiger partial charge is 0.344 e. The number of hydrogen-bond donors (Lipinski definition) is 1. The number of aromatic nitrogens is 1. The lowest BCUT2D eigenvalue weighted by molar-refractivity contribution is -0.125. The second-order valence-corrected chi connectivity index (χ2v) is 5.60. The van der Waals surface area contributed by atoms with Crippen LogP contribution in [0, 0.1) is 12.8 Å². The quantitative estimate of drug-likeness (QED) is 0.912. The molecular formula is C15H21N3O2. The smallest absolute Gasteiger partial charge is 0.249 e. The fraction of sp³-hybridized carbons (Fsp3) is 0.533. The van der Waals surface area contributed by atoms with Crippen LogP contribution in [0.5, 0.6) is 0 Å². The molecule has 0 aliphatic carbocycles. The predicted molar refractivity (Wildman–Crippen MR) is 77.3 cm³/mol. The van der Waals surface area contributed by atoms with Crippen LogP contribution in [0.25, 0.3) is 0 Å². The lowest BCUT2D eigenvalue weighted by Gasteiger charge is -2.25. The van der Waals surface area contributed by atoms with Crippen molar-refractivity contribution in [3.63, 3.8) is 0 Å². The molecule has 0 spiro atoms. The third-order valence-electron chi connectivity index (χ3n) is 3.44. The molecule has 0 radical (unpaired) electrons. The zero-order valence-electron chi connectivity index (χ0n) is 12.2. The molecule has 5 nitrogen and oxygen atoms in total. The van der Waals surface area contributed by atoms with Gasteiger partial charge in [0, 0.05) is 19.2 Å². The summed E-state index contributed by atoms with van der Waals surface area (Å²) >= 11 is 0. The summed E-state index contributed by atoms with van der Waals surface area (Å²) in [6.07, 6.45) is 2.69. The number of carbonyl (C=O) groups excluding carboxylic acids is 2. The number of amides is 2. The predicted octanol–water partition coefficient (Wildman–Crippen LogP) is 1.66. The van der Waals surface area contributed by atoms with Crippen molar-refractivity contribution in [3.05, 3.63) is 24.0 Å². The Morgan fingerprint density at radius 2 is 2.20 bits per heavy atom. The first kappa shape index (κ1) is 14.5. The molecule has 1 aromatic rings. The number of anilines is 1. The Bertz CT molecular complexity index is 514. The summed E-state index contributed by atoms with van der Waals surface area (Å²) in [5.41, 5.74) is 1.60. The van der Waals surface area contributed by atoms with E-state index in [9.17, 15) is 9.59 Å². The molecule has 5 heteroatoms. The lowest BCUT2D eigenvalue weighted by atomic mass is 10.0. The first-order valence-corrected chi connectivity index (χ1v) is 7.01. The van der Waals surface area contributed by atoms with Gasteiger partial charge >= 0.3 is 0 Å². The SMILES string of the molecule is Cc1ncccc1N1CCC(=O)NC(CC(C)C)C1=O. The topological polar surface area (TPSA) is 62.3 Å². The molecule has 1 atom stereocenters. The van der Waals surface area contributed by atoms with E-state index in [1.807, 2.05) is 32.9 Å². The summed E-state index contributed by atoms with van der Waals surface area (Å²) in [6, 6.07) is 3.25. The molecular weight excluding hydrogens is 254 g/mol. The molecule has 1 aliphatic rings. The van der Waals surface area contributed by atoms with E-state index in [-0.39, 0.29) is 11.8 Å². The minimum Gasteiger partial charge on any atom is -0.344 e. The average Bonchev–Trinajstić information content (AvgIpc) is 2.51. The van der Waals surface area contributed by atoms with Gasteiger partial charge in [0.2, 0.25) is 11.8 Å². The van der Waals surface area contributed by atoms with Crippen LogP contribution in [0.2, 0.25) is 0 Å². The van der Waals surface area contributed by atoms with Gasteiger partial charge in [0.15, 0.2) is 0 Å². The maximum Gasteiger partial charge on any atom is 0.249 e. The summed E-state index contributed by atoms with van der Waals surface area (Å²) in [4.78, 5) is 30.4. The van der Waals surface area contributed by atoms with Crippen molar-refractivity contribution in [3.8, 4) is 0 Å². The number of pyridine rings is 1. The second-order valence-electron chi connectivity index (χ2n) is 5.60. The highest BCUT2D eigenvalue weighted by atomic mass is 16.2. The molecule has 0 bridgehead atoms. The van der Waals surface area contributed by atoms with Crippen LogP contribution >= 0.6 is 0 Å². The van der Waals surface area contributed by atoms with E-state index in [4.69, 9.17) is 0 Å². The molecule has 1 saturated heterocycles. The van der Waals surface area contributed by atoms with E-state index in [1.165, 1.54) is 0 Å². The fourth-order valence-electron chi connectivity index (χ4n) is 2.47. The van der Waals surface area contributed by atoms with Crippen molar-refractivity contribution in [1.29, 1.82) is 0 Å². The third-order valence-corrected chi connectivity index (χ3v) is 3.44. The van der Waals surface area contributed by atoms with Crippen LogP contribution in [-0.4, -0.2) is 29.4 Å². The van der Waals surface area contributed by atoms with Gasteiger partial charge in [0.1, 0.15) is 6.04 Å². The minimum absolute atomic E-state index is 0.0411. The van der Waals surface area contributed by atoms with Crippen molar-refractivity contribution in [2.45, 2.75) is 39.7 Å². The fourth-order valence-corrected chi connectivity index (χ4v) is 2.47. The third kappa shape index (κ3) is 3.15. The van der Waals surface area contributed by atoms with Gasteiger partial charge < -0.3 is 10.2 Å². The van der Waals surface area contributed by atoms with Gasteiger partial charge in [-0.05, 0) is 31.4 Å². The summed E-state index contributed by atoms with van der Waals surface area (Å²) in [7, 11) is 0. The number of carbonyl (C=O) groups is 2. The monoisotopic (exact) mass is 275 g/mol. The van der Waals surface area contributed by atoms with Crippen LogP contribution in [0.15, 0.2) is 18.3 Å². The molecule has 2 heterocycles. The van der Waals surface area contributed by atoms with Gasteiger partial charge in [0.05, 0.1) is 11.4 Å². The molecule has 2 amide bonds. The molecule has 1 N–H and O–H groups in total. The minimum atomic E-state index is -0.440. The Morgan fingerprint density at radius 3 is 2.85 bits per heavy atom. The number of rotatable bonds is 3. The van der Waals surface area contributed by atoms with Crippen molar-refractivity contribution in [2.24, 2.45) is 5.92 Å². The zero-order chi connectivity index (χ0) is 14.7. The van der Waals surface area contributed by atoms with Crippen molar-refractivity contribution >= 4 is 17.5 Å². The second kappa shape index (κ2) is 6.03. The van der Waals surface area contributed by atoms with Crippen LogP contribution < -0.4 is 10.2 Å². The molecule has 1 aromatic heterocycles. The van der Waals surface area contributed by atoms with Crippen LogP contribution in [0.4, 0.5) is 5.69 Å². The lowest BCUT2D eigenvalue weighted by Crippen LogP contribution is -2.45. The van der Waals surface area contributed by atoms with Crippen LogP contribution in [0.1, 0.15) is 32.4 Å². The standard InChI is InChI=1S/C15H21N3O2/c1-10(2)9-12-15(20)18(8-6-14(19)17-12)13-5-4-7-16-11(13)3/h4-5,7,10,12H,6,8-9H2,1-3H3,(H,17,19). The average molecular weight is 275 g/mol. The van der Waals surface area contributed by atoms with E-state index < -0.39 is 6.04 Å². The van der Waals surface area contributed by atoms with Gasteiger partial charge in [-0.15, -0.1) is 0 Å². The van der Waals surface area contributed by atoms with Crippen LogP contribution in [-0.2, 0) is 9.59 Å². The molecule has 1 fully saturated rings. The molecule has 108 valence electrons. The van der Waals surface area contributed by atoms with E-state index in [1.54, 1.807) is 11.1 Å². The van der Waals surface area contributed by atoms with E-state index in [0.29, 0.717) is 25.3 Å². The normalized spacial score (nSPS) is 20.0. The van der Waals surface area contributed by atoms with Crippen molar-refractivity contribution in [2.75, 3.05) is 11.4 Å². The maximum atomic E-state index is 12.7. The molecule has 0 saturated carbocycles. The Kier molecular flexibility index (Phi) is 4.37. The maximum absolute atomic E-state index is 12.7. The highest BCUT2D eigenvalue weighted by molar-refractivity contribution is 6.01. The van der Waals surface area contributed by atoms with Gasteiger partial charge in [-0.3, -0.25) is 14.6 Å². The Balaban J connectivity index is 2.30. The van der Waals surface area contributed by atoms with Gasteiger partial charge in [0.25, 0.3) is 0 Å². The molecule has 20 heavy (non-hydrogen) atoms. The first-order valence-electron chi connectivity index (χ1n) is 7.01. The number of hydrogen-bond acceptors (Lipinski definition) is 3. The summed E-state index contributed by atoms with van der Waals surface area (Å²) in [5.74, 6) is 0.243. The summed E-state index contributed by atoms with van der Waals surface area (Å²) in [5, 5.41) is 2.83. The highest BCUT2D eigenvalue weighted by Crippen LogP contribution is 2.21.